The lowest BCUT2D eigenvalue weighted by Gasteiger charge is -2.20. The van der Waals surface area contributed by atoms with E-state index in [1.807, 2.05) is 0 Å². The Bertz CT molecular complexity index is 628. The van der Waals surface area contributed by atoms with Crippen molar-refractivity contribution in [3.05, 3.63) is 29.6 Å². The fourth-order valence-electron chi connectivity index (χ4n) is 1.66. The molecule has 5 nitrogen and oxygen atoms in total. The van der Waals surface area contributed by atoms with Crippen LogP contribution >= 0.6 is 0 Å². The Morgan fingerprint density at radius 2 is 2.04 bits per heavy atom. The minimum Gasteiger partial charge on any atom is -0.487 e. The normalized spacial score (nSPS) is 13.3. The van der Waals surface area contributed by atoms with E-state index < -0.39 is 29.7 Å². The van der Waals surface area contributed by atoms with E-state index in [0.29, 0.717) is 5.56 Å². The highest BCUT2D eigenvalue weighted by atomic mass is 19.1. The van der Waals surface area contributed by atoms with E-state index in [0.717, 1.165) is 0 Å². The van der Waals surface area contributed by atoms with Gasteiger partial charge in [0.15, 0.2) is 0 Å². The van der Waals surface area contributed by atoms with Crippen LogP contribution in [0.15, 0.2) is 18.2 Å². The number of carbonyl (C=O) groups is 1. The average Bonchev–Trinajstić information content (AvgIpc) is 2.44. The van der Waals surface area contributed by atoms with Crippen LogP contribution in [0.25, 0.3) is 0 Å². The highest BCUT2D eigenvalue weighted by Crippen LogP contribution is 2.20. The average molecular weight is 337 g/mol. The number of ether oxygens (including phenoxy) is 2. The summed E-state index contributed by atoms with van der Waals surface area (Å²) >= 11 is 0. The quantitative estimate of drug-likeness (QED) is 0.829. The zero-order valence-corrected chi connectivity index (χ0v) is 14.6. The maximum Gasteiger partial charge on any atom is 0.408 e. The van der Waals surface area contributed by atoms with Gasteiger partial charge in [0.25, 0.3) is 0 Å². The molecule has 0 saturated carbocycles. The SMILES string of the molecule is CC(C#Cc1ccc(F)cc1OC(C)CO)NC(=O)OC(C)(C)C. The number of alkyl carbamates (subject to hydrolysis) is 1. The van der Waals surface area contributed by atoms with E-state index in [1.54, 1.807) is 34.6 Å². The maximum absolute atomic E-state index is 13.4. The summed E-state index contributed by atoms with van der Waals surface area (Å²) in [5, 5.41) is 11.6. The Hall–Kier alpha value is -2.26. The second-order valence-electron chi connectivity index (χ2n) is 6.39. The Morgan fingerprint density at radius 3 is 2.62 bits per heavy atom. The van der Waals surface area contributed by atoms with Crippen molar-refractivity contribution in [2.24, 2.45) is 0 Å². The van der Waals surface area contributed by atoms with Gasteiger partial charge in [0, 0.05) is 6.07 Å². The molecule has 1 amide bonds. The smallest absolute Gasteiger partial charge is 0.408 e. The zero-order chi connectivity index (χ0) is 18.3. The molecule has 1 rings (SSSR count). The third-order valence-electron chi connectivity index (χ3n) is 2.69. The number of rotatable bonds is 4. The standard InChI is InChI=1S/C18H24FNO4/c1-12(20-17(22)24-18(3,4)5)6-7-14-8-9-15(19)10-16(14)23-13(2)11-21/h8-10,12-13,21H,11H2,1-5H3,(H,20,22). The van der Waals surface area contributed by atoms with E-state index in [-0.39, 0.29) is 12.4 Å². The molecular weight excluding hydrogens is 313 g/mol. The number of hydrogen-bond donors (Lipinski definition) is 2. The van der Waals surface area contributed by atoms with Crippen molar-refractivity contribution in [2.45, 2.75) is 52.4 Å². The summed E-state index contributed by atoms with van der Waals surface area (Å²) in [7, 11) is 0. The van der Waals surface area contributed by atoms with E-state index in [1.165, 1.54) is 18.2 Å². The van der Waals surface area contributed by atoms with Crippen molar-refractivity contribution in [3.63, 3.8) is 0 Å². The first-order valence-electron chi connectivity index (χ1n) is 7.69. The molecule has 0 radical (unpaired) electrons. The molecule has 1 aromatic carbocycles. The van der Waals surface area contributed by atoms with E-state index >= 15 is 0 Å². The first-order valence-corrected chi connectivity index (χ1v) is 7.69. The maximum atomic E-state index is 13.4. The van der Waals surface area contributed by atoms with Crippen molar-refractivity contribution >= 4 is 6.09 Å². The lowest BCUT2D eigenvalue weighted by Crippen LogP contribution is -2.37. The molecule has 1 aromatic rings. The van der Waals surface area contributed by atoms with Crippen LogP contribution < -0.4 is 10.1 Å². The van der Waals surface area contributed by atoms with Crippen molar-refractivity contribution < 1.29 is 23.8 Å². The third kappa shape index (κ3) is 7.34. The lowest BCUT2D eigenvalue weighted by molar-refractivity contribution is 0.0519. The molecule has 0 fully saturated rings. The molecule has 24 heavy (non-hydrogen) atoms. The summed E-state index contributed by atoms with van der Waals surface area (Å²) < 4.78 is 24.0. The van der Waals surface area contributed by atoms with Gasteiger partial charge in [-0.1, -0.05) is 11.8 Å². The van der Waals surface area contributed by atoms with E-state index in [2.05, 4.69) is 17.2 Å². The molecule has 0 heterocycles. The van der Waals surface area contributed by atoms with Gasteiger partial charge in [-0.15, -0.1) is 0 Å². The Labute approximate surface area is 142 Å². The molecule has 0 aliphatic rings. The van der Waals surface area contributed by atoms with Gasteiger partial charge in [-0.2, -0.15) is 0 Å². The van der Waals surface area contributed by atoms with Crippen LogP contribution in [0.5, 0.6) is 5.75 Å². The number of aliphatic hydroxyl groups excluding tert-OH is 1. The van der Waals surface area contributed by atoms with E-state index in [9.17, 15) is 9.18 Å². The Kier molecular flexibility index (Phi) is 7.05. The summed E-state index contributed by atoms with van der Waals surface area (Å²) in [4.78, 5) is 11.7. The van der Waals surface area contributed by atoms with E-state index in [4.69, 9.17) is 14.6 Å². The number of carbonyl (C=O) groups excluding carboxylic acids is 1. The number of hydrogen-bond acceptors (Lipinski definition) is 4. The largest absolute Gasteiger partial charge is 0.487 e. The number of nitrogens with one attached hydrogen (secondary N) is 1. The first kappa shape index (κ1) is 19.8. The molecule has 0 aromatic heterocycles. The zero-order valence-electron chi connectivity index (χ0n) is 14.6. The summed E-state index contributed by atoms with van der Waals surface area (Å²) in [6.45, 7) is 8.49. The van der Waals surface area contributed by atoms with Crippen molar-refractivity contribution in [3.8, 4) is 17.6 Å². The second kappa shape index (κ2) is 8.55. The van der Waals surface area contributed by atoms with Crippen LogP contribution in [0, 0.1) is 17.7 Å². The van der Waals surface area contributed by atoms with Crippen LogP contribution in [-0.2, 0) is 4.74 Å². The number of amides is 1. The van der Waals surface area contributed by atoms with Gasteiger partial charge in [-0.05, 0) is 46.8 Å². The molecule has 0 aliphatic carbocycles. The van der Waals surface area contributed by atoms with Gasteiger partial charge in [0.1, 0.15) is 23.3 Å². The minimum absolute atomic E-state index is 0.194. The summed E-state index contributed by atoms with van der Waals surface area (Å²) in [6.07, 6.45) is -1.04. The van der Waals surface area contributed by atoms with Gasteiger partial charge in [0.2, 0.25) is 0 Å². The highest BCUT2D eigenvalue weighted by Gasteiger charge is 2.17. The minimum atomic E-state index is -0.588. The topological polar surface area (TPSA) is 67.8 Å². The number of aliphatic hydroxyl groups is 1. The molecule has 0 spiro atoms. The molecule has 2 unspecified atom stereocenters. The monoisotopic (exact) mass is 337 g/mol. The summed E-state index contributed by atoms with van der Waals surface area (Å²) in [5.74, 6) is 5.47. The van der Waals surface area contributed by atoms with Crippen LogP contribution in [0.4, 0.5) is 9.18 Å². The molecule has 132 valence electrons. The van der Waals surface area contributed by atoms with Crippen LogP contribution in [-0.4, -0.2) is 35.6 Å². The fourth-order valence-corrected chi connectivity index (χ4v) is 1.66. The lowest BCUT2D eigenvalue weighted by atomic mass is 10.2. The molecule has 0 bridgehead atoms. The van der Waals surface area contributed by atoms with Crippen molar-refractivity contribution in [1.82, 2.24) is 5.32 Å². The molecular formula is C18H24FNO4. The van der Waals surface area contributed by atoms with Gasteiger partial charge < -0.3 is 19.9 Å². The molecule has 2 atom stereocenters. The Balaban J connectivity index is 2.82. The molecule has 2 N–H and O–H groups in total. The third-order valence-corrected chi connectivity index (χ3v) is 2.69. The van der Waals surface area contributed by atoms with Gasteiger partial charge in [-0.25, -0.2) is 9.18 Å². The summed E-state index contributed by atoms with van der Waals surface area (Å²) in [6, 6.07) is 3.50. The first-order chi connectivity index (χ1) is 11.1. The molecule has 0 saturated heterocycles. The number of halogens is 1. The van der Waals surface area contributed by atoms with Crippen LogP contribution in [0.3, 0.4) is 0 Å². The van der Waals surface area contributed by atoms with Crippen LogP contribution in [0.2, 0.25) is 0 Å². The summed E-state index contributed by atoms with van der Waals surface area (Å²) in [5.41, 5.74) is -0.121. The fraction of sp³-hybridized carbons (Fsp3) is 0.500. The van der Waals surface area contributed by atoms with Gasteiger partial charge in [0.05, 0.1) is 18.2 Å². The van der Waals surface area contributed by atoms with Crippen LogP contribution in [0.1, 0.15) is 40.2 Å². The molecule has 6 heteroatoms. The van der Waals surface area contributed by atoms with Crippen molar-refractivity contribution in [2.75, 3.05) is 6.61 Å². The van der Waals surface area contributed by atoms with Crippen molar-refractivity contribution in [1.29, 1.82) is 0 Å². The Morgan fingerprint density at radius 1 is 1.38 bits per heavy atom. The molecule has 0 aliphatic heterocycles. The van der Waals surface area contributed by atoms with Gasteiger partial charge in [-0.3, -0.25) is 0 Å². The van der Waals surface area contributed by atoms with Gasteiger partial charge >= 0.3 is 6.09 Å². The number of benzene rings is 1. The predicted molar refractivity (Wildman–Crippen MR) is 89.3 cm³/mol. The predicted octanol–water partition coefficient (Wildman–Crippen LogP) is 2.85. The second-order valence-corrected chi connectivity index (χ2v) is 6.39. The highest BCUT2D eigenvalue weighted by molar-refractivity contribution is 5.68.